The van der Waals surface area contributed by atoms with Crippen molar-refractivity contribution in [1.29, 1.82) is 5.26 Å². The minimum Gasteiger partial charge on any atom is -0.308 e. The molecule has 1 aliphatic rings. The third-order valence-corrected chi connectivity index (χ3v) is 6.76. The average Bonchev–Trinajstić information content (AvgIpc) is 3.15. The Hall–Kier alpha value is -2.79. The number of aromatic amines is 1. The van der Waals surface area contributed by atoms with Gasteiger partial charge in [0.2, 0.25) is 0 Å². The number of nitrogens with one attached hydrogen (secondary N) is 1. The molecule has 1 atom stereocenters. The molecule has 0 bridgehead atoms. The molecule has 28 heavy (non-hydrogen) atoms. The molecule has 0 unspecified atom stereocenters. The maximum absolute atomic E-state index is 12.9. The first-order valence-electron chi connectivity index (χ1n) is 9.36. The van der Waals surface area contributed by atoms with Gasteiger partial charge in [-0.2, -0.15) is 10.4 Å². The molecule has 1 N–H and O–H groups in total. The topological polar surface area (TPSA) is 104 Å². The number of hydrogen-bond acceptors (Lipinski definition) is 6. The van der Waals surface area contributed by atoms with E-state index in [1.165, 1.54) is 16.2 Å². The second-order valence-electron chi connectivity index (χ2n) is 7.32. The number of rotatable bonds is 4. The number of aryl methyl sites for hydroxylation is 4. The molecule has 0 saturated carbocycles. The molecule has 0 aliphatic heterocycles. The van der Waals surface area contributed by atoms with E-state index in [0.29, 0.717) is 10.2 Å². The second-order valence-corrected chi connectivity index (χ2v) is 8.40. The van der Waals surface area contributed by atoms with Crippen molar-refractivity contribution in [2.45, 2.75) is 51.9 Å². The van der Waals surface area contributed by atoms with Gasteiger partial charge < -0.3 is 4.98 Å². The Balaban J connectivity index is 1.72. The van der Waals surface area contributed by atoms with E-state index in [0.717, 1.165) is 48.2 Å². The zero-order valence-electron chi connectivity index (χ0n) is 16.1. The van der Waals surface area contributed by atoms with Gasteiger partial charge in [-0.05, 0) is 45.1 Å². The van der Waals surface area contributed by atoms with Gasteiger partial charge in [0.15, 0.2) is 11.7 Å². The van der Waals surface area contributed by atoms with Crippen molar-refractivity contribution in [3.63, 3.8) is 0 Å². The van der Waals surface area contributed by atoms with Crippen LogP contribution >= 0.6 is 11.3 Å². The third-order valence-electron chi connectivity index (χ3n) is 5.58. The van der Waals surface area contributed by atoms with Crippen molar-refractivity contribution >= 4 is 27.3 Å². The molecule has 1 aliphatic carbocycles. The summed E-state index contributed by atoms with van der Waals surface area (Å²) in [5, 5.41) is 14.6. The minimum absolute atomic E-state index is 0.0897. The lowest BCUT2D eigenvalue weighted by atomic mass is 9.96. The molecule has 3 aromatic heterocycles. The first-order valence-corrected chi connectivity index (χ1v) is 10.2. The molecule has 3 heterocycles. The lowest BCUT2D eigenvalue weighted by Gasteiger charge is -2.10. The summed E-state index contributed by atoms with van der Waals surface area (Å²) in [6.07, 6.45) is 4.13. The number of nitriles is 1. The highest BCUT2D eigenvalue weighted by Gasteiger charge is 2.27. The van der Waals surface area contributed by atoms with E-state index in [2.05, 4.69) is 15.1 Å². The first-order chi connectivity index (χ1) is 13.4. The molecule has 0 radical (unpaired) electrons. The lowest BCUT2D eigenvalue weighted by molar-refractivity contribution is -0.118. The molecule has 7 nitrogen and oxygen atoms in total. The Bertz CT molecular complexity index is 1190. The molecule has 0 spiro atoms. The number of H-pyrrole nitrogens is 1. The highest BCUT2D eigenvalue weighted by molar-refractivity contribution is 7.18. The number of ketones is 1. The van der Waals surface area contributed by atoms with Gasteiger partial charge in [0.25, 0.3) is 5.56 Å². The molecule has 144 valence electrons. The van der Waals surface area contributed by atoms with Crippen molar-refractivity contribution in [3.05, 3.63) is 43.6 Å². The van der Waals surface area contributed by atoms with Crippen LogP contribution < -0.4 is 5.56 Å². The summed E-state index contributed by atoms with van der Waals surface area (Å²) in [7, 11) is 1.82. The van der Waals surface area contributed by atoms with Crippen LogP contribution in [0.3, 0.4) is 0 Å². The van der Waals surface area contributed by atoms with Gasteiger partial charge in [-0.25, -0.2) is 4.98 Å². The van der Waals surface area contributed by atoms with Gasteiger partial charge in [-0.3, -0.25) is 14.3 Å². The average molecular weight is 395 g/mol. The summed E-state index contributed by atoms with van der Waals surface area (Å²) in [4.78, 5) is 34.7. The normalized spacial score (nSPS) is 14.6. The predicted octanol–water partition coefficient (Wildman–Crippen LogP) is 2.63. The van der Waals surface area contributed by atoms with Crippen LogP contribution in [0.4, 0.5) is 0 Å². The Morgan fingerprint density at radius 3 is 2.79 bits per heavy atom. The van der Waals surface area contributed by atoms with E-state index in [-0.39, 0.29) is 23.6 Å². The number of fused-ring (bicyclic) bond motifs is 3. The van der Waals surface area contributed by atoms with Gasteiger partial charge in [0.1, 0.15) is 10.7 Å². The summed E-state index contributed by atoms with van der Waals surface area (Å²) in [5.41, 5.74) is 3.33. The largest absolute Gasteiger partial charge is 0.308 e. The standard InChI is InChI=1S/C20H21N5O2S/c1-10-13(11(2)25(3)24-10)8-15(26)14(9-21)18-22-19(27)17-12-6-4-5-7-16(12)28-20(17)23-18/h14H,4-8H2,1-3H3,(H,22,23,27)/t14-/m0/s1. The molecule has 8 heteroatoms. The smallest absolute Gasteiger partial charge is 0.259 e. The van der Waals surface area contributed by atoms with Crippen molar-refractivity contribution in [1.82, 2.24) is 19.7 Å². The quantitative estimate of drug-likeness (QED) is 0.731. The van der Waals surface area contributed by atoms with Crippen LogP contribution in [0.2, 0.25) is 0 Å². The van der Waals surface area contributed by atoms with E-state index < -0.39 is 5.92 Å². The fourth-order valence-corrected chi connectivity index (χ4v) is 5.22. The van der Waals surface area contributed by atoms with Crippen LogP contribution in [-0.4, -0.2) is 25.5 Å². The van der Waals surface area contributed by atoms with Crippen molar-refractivity contribution in [2.24, 2.45) is 7.05 Å². The maximum Gasteiger partial charge on any atom is 0.259 e. The van der Waals surface area contributed by atoms with Crippen LogP contribution in [0.15, 0.2) is 4.79 Å². The molecule has 4 rings (SSSR count). The minimum atomic E-state index is -1.10. The molecule has 0 saturated heterocycles. The van der Waals surface area contributed by atoms with E-state index >= 15 is 0 Å². The Labute approximate surface area is 166 Å². The number of hydrogen-bond donors (Lipinski definition) is 1. The van der Waals surface area contributed by atoms with Gasteiger partial charge in [-0.15, -0.1) is 11.3 Å². The van der Waals surface area contributed by atoms with E-state index in [1.807, 2.05) is 27.0 Å². The Morgan fingerprint density at radius 1 is 1.36 bits per heavy atom. The van der Waals surface area contributed by atoms with Gasteiger partial charge in [0, 0.05) is 29.6 Å². The second kappa shape index (κ2) is 6.99. The molecular formula is C20H21N5O2S. The summed E-state index contributed by atoms with van der Waals surface area (Å²) in [6, 6.07) is 2.03. The van der Waals surface area contributed by atoms with Gasteiger partial charge >= 0.3 is 0 Å². The number of carbonyl (C=O) groups is 1. The molecule has 0 amide bonds. The Kier molecular flexibility index (Phi) is 4.63. The number of carbonyl (C=O) groups excluding carboxylic acids is 1. The molecule has 0 fully saturated rings. The van der Waals surface area contributed by atoms with Crippen molar-refractivity contribution in [2.75, 3.05) is 0 Å². The van der Waals surface area contributed by atoms with E-state index in [1.54, 1.807) is 4.68 Å². The molecular weight excluding hydrogens is 374 g/mol. The summed E-state index contributed by atoms with van der Waals surface area (Å²) >= 11 is 1.51. The summed E-state index contributed by atoms with van der Waals surface area (Å²) < 4.78 is 1.72. The van der Waals surface area contributed by atoms with Crippen LogP contribution in [-0.2, 0) is 31.1 Å². The van der Waals surface area contributed by atoms with Crippen LogP contribution in [0.1, 0.15) is 52.0 Å². The monoisotopic (exact) mass is 395 g/mol. The van der Waals surface area contributed by atoms with E-state index in [4.69, 9.17) is 0 Å². The number of nitrogens with zero attached hydrogens (tertiary/aromatic N) is 4. The first kappa shape index (κ1) is 18.6. The summed E-state index contributed by atoms with van der Waals surface area (Å²) in [6.45, 7) is 3.74. The Morgan fingerprint density at radius 2 is 2.11 bits per heavy atom. The van der Waals surface area contributed by atoms with Crippen LogP contribution in [0.5, 0.6) is 0 Å². The van der Waals surface area contributed by atoms with Crippen molar-refractivity contribution in [3.8, 4) is 6.07 Å². The van der Waals surface area contributed by atoms with Crippen molar-refractivity contribution < 1.29 is 4.79 Å². The lowest BCUT2D eigenvalue weighted by Crippen LogP contribution is -2.21. The highest BCUT2D eigenvalue weighted by atomic mass is 32.1. The zero-order valence-corrected chi connectivity index (χ0v) is 16.9. The van der Waals surface area contributed by atoms with Crippen LogP contribution in [0.25, 0.3) is 10.2 Å². The number of aromatic nitrogens is 4. The fraction of sp³-hybridized carbons (Fsp3) is 0.450. The fourth-order valence-electron chi connectivity index (χ4n) is 3.95. The zero-order chi connectivity index (χ0) is 20.0. The maximum atomic E-state index is 12.9. The van der Waals surface area contributed by atoms with E-state index in [9.17, 15) is 14.9 Å². The third kappa shape index (κ3) is 2.96. The SMILES string of the molecule is Cc1nn(C)c(C)c1CC(=O)[C@H](C#N)c1nc2sc3c(c2c(=O)[nH]1)CCCC3. The van der Waals surface area contributed by atoms with Gasteiger partial charge in [-0.1, -0.05) is 0 Å². The number of Topliss-reactive ketones (excluding diaryl/α,β-unsaturated/α-hetero) is 1. The molecule has 3 aromatic rings. The highest BCUT2D eigenvalue weighted by Crippen LogP contribution is 2.34. The molecule has 0 aromatic carbocycles. The summed E-state index contributed by atoms with van der Waals surface area (Å²) in [5.74, 6) is -1.25. The number of thiophene rings is 1. The van der Waals surface area contributed by atoms with Crippen LogP contribution in [0, 0.1) is 25.2 Å². The van der Waals surface area contributed by atoms with Gasteiger partial charge in [0.05, 0.1) is 17.1 Å². The predicted molar refractivity (Wildman–Crippen MR) is 107 cm³/mol.